The van der Waals surface area contributed by atoms with Crippen LogP contribution in [-0.2, 0) is 16.4 Å². The summed E-state index contributed by atoms with van der Waals surface area (Å²) in [6, 6.07) is 2.85. The van der Waals surface area contributed by atoms with Gasteiger partial charge in [0, 0.05) is 18.5 Å². The van der Waals surface area contributed by atoms with Crippen LogP contribution in [0.25, 0.3) is 0 Å². The number of benzene rings is 1. The van der Waals surface area contributed by atoms with E-state index in [1.807, 2.05) is 6.92 Å². The fourth-order valence-electron chi connectivity index (χ4n) is 3.64. The molecular weight excluding hydrogens is 354 g/mol. The van der Waals surface area contributed by atoms with Crippen LogP contribution in [0.4, 0.5) is 0 Å². The van der Waals surface area contributed by atoms with E-state index in [0.29, 0.717) is 24.2 Å². The number of rotatable bonds is 6. The number of fused-ring (bicyclic) bond motifs is 1. The summed E-state index contributed by atoms with van der Waals surface area (Å²) >= 11 is 0. The number of carbonyl (C=O) groups is 1. The van der Waals surface area contributed by atoms with Gasteiger partial charge >= 0.3 is 0 Å². The van der Waals surface area contributed by atoms with Crippen molar-refractivity contribution in [1.29, 1.82) is 0 Å². The Labute approximate surface area is 154 Å². The number of hydrogen-bond donors (Lipinski definition) is 3. The largest absolute Gasteiger partial charge is 0.489 e. The van der Waals surface area contributed by atoms with Crippen molar-refractivity contribution < 1.29 is 17.9 Å². The zero-order valence-electron chi connectivity index (χ0n) is 14.8. The van der Waals surface area contributed by atoms with Gasteiger partial charge < -0.3 is 15.4 Å². The molecule has 1 saturated heterocycles. The monoisotopic (exact) mass is 379 g/mol. The number of sulfonamides is 1. The summed E-state index contributed by atoms with van der Waals surface area (Å²) in [6.45, 7) is 6.56. The number of hydrogen-bond acceptors (Lipinski definition) is 5. The Morgan fingerprint density at radius 2 is 2.31 bits per heavy atom. The van der Waals surface area contributed by atoms with Gasteiger partial charge in [-0.15, -0.1) is 6.58 Å². The van der Waals surface area contributed by atoms with Gasteiger partial charge in [0.1, 0.15) is 11.9 Å². The molecule has 26 heavy (non-hydrogen) atoms. The van der Waals surface area contributed by atoms with Gasteiger partial charge in [0.05, 0.1) is 10.5 Å². The van der Waals surface area contributed by atoms with Crippen molar-refractivity contribution in [2.24, 2.45) is 5.14 Å². The van der Waals surface area contributed by atoms with Crippen molar-refractivity contribution in [2.75, 3.05) is 6.54 Å². The molecule has 2 aliphatic rings. The van der Waals surface area contributed by atoms with Gasteiger partial charge in [0.15, 0.2) is 0 Å². The molecule has 3 unspecified atom stereocenters. The molecule has 4 N–H and O–H groups in total. The minimum Gasteiger partial charge on any atom is -0.489 e. The Morgan fingerprint density at radius 3 is 2.92 bits per heavy atom. The first-order chi connectivity index (χ1) is 12.3. The summed E-state index contributed by atoms with van der Waals surface area (Å²) in [6.07, 6.45) is 4.85. The van der Waals surface area contributed by atoms with Gasteiger partial charge in [0.2, 0.25) is 10.0 Å². The molecule has 3 rings (SSSR count). The molecule has 1 aromatic carbocycles. The molecule has 0 saturated carbocycles. The average molecular weight is 379 g/mol. The fourth-order valence-corrected chi connectivity index (χ4v) is 4.23. The van der Waals surface area contributed by atoms with E-state index in [0.717, 1.165) is 19.4 Å². The number of amides is 1. The van der Waals surface area contributed by atoms with Crippen LogP contribution in [0.15, 0.2) is 29.7 Å². The maximum atomic E-state index is 12.9. The van der Waals surface area contributed by atoms with E-state index < -0.39 is 10.0 Å². The minimum atomic E-state index is -3.92. The molecule has 0 aromatic heterocycles. The van der Waals surface area contributed by atoms with Crippen LogP contribution < -0.4 is 20.5 Å². The molecule has 2 heterocycles. The predicted octanol–water partition coefficient (Wildman–Crippen LogP) is 1.08. The molecule has 7 nitrogen and oxygen atoms in total. The maximum Gasteiger partial charge on any atom is 0.255 e. The van der Waals surface area contributed by atoms with Gasteiger partial charge in [0.25, 0.3) is 5.91 Å². The highest BCUT2D eigenvalue weighted by Gasteiger charge is 2.31. The van der Waals surface area contributed by atoms with Gasteiger partial charge in [-0.1, -0.05) is 6.08 Å². The van der Waals surface area contributed by atoms with Gasteiger partial charge in [-0.05, 0) is 50.4 Å². The highest BCUT2D eigenvalue weighted by molar-refractivity contribution is 7.89. The summed E-state index contributed by atoms with van der Waals surface area (Å²) in [7, 11) is -3.92. The first-order valence-corrected chi connectivity index (χ1v) is 10.4. The first-order valence-electron chi connectivity index (χ1n) is 8.81. The molecular formula is C18H25N3O4S. The molecule has 0 bridgehead atoms. The van der Waals surface area contributed by atoms with Gasteiger partial charge in [-0.25, -0.2) is 13.6 Å². The van der Waals surface area contributed by atoms with E-state index in [2.05, 4.69) is 17.2 Å². The molecule has 1 aromatic rings. The molecule has 3 atom stereocenters. The average Bonchev–Trinajstić information content (AvgIpc) is 3.20. The second-order valence-electron chi connectivity index (χ2n) is 6.94. The Balaban J connectivity index is 1.93. The summed E-state index contributed by atoms with van der Waals surface area (Å²) < 4.78 is 29.4. The van der Waals surface area contributed by atoms with E-state index in [1.54, 1.807) is 6.08 Å². The second kappa shape index (κ2) is 7.38. The van der Waals surface area contributed by atoms with E-state index in [4.69, 9.17) is 9.88 Å². The van der Waals surface area contributed by atoms with Gasteiger partial charge in [-0.3, -0.25) is 4.79 Å². The second-order valence-corrected chi connectivity index (χ2v) is 8.51. The standard InChI is InChI=1S/C18H25N3O4S/c1-3-5-16(15-6-4-7-20-15)21-18(22)14-10-13(26(19,23)24)9-12-8-11(2)25-17(12)14/h3,9-11,15-16,20H,1,4-8H2,2H3,(H,21,22)(H2,19,23,24). The lowest BCUT2D eigenvalue weighted by molar-refractivity contribution is 0.0924. The van der Waals surface area contributed by atoms with Crippen LogP contribution in [0, 0.1) is 0 Å². The summed E-state index contributed by atoms with van der Waals surface area (Å²) in [4.78, 5) is 12.9. The predicted molar refractivity (Wildman–Crippen MR) is 98.7 cm³/mol. The van der Waals surface area contributed by atoms with Crippen molar-refractivity contribution in [1.82, 2.24) is 10.6 Å². The van der Waals surface area contributed by atoms with Crippen molar-refractivity contribution in [3.63, 3.8) is 0 Å². The lowest BCUT2D eigenvalue weighted by Crippen LogP contribution is -2.47. The quantitative estimate of drug-likeness (QED) is 0.641. The lowest BCUT2D eigenvalue weighted by Gasteiger charge is -2.24. The van der Waals surface area contributed by atoms with E-state index >= 15 is 0 Å². The molecule has 8 heteroatoms. The van der Waals surface area contributed by atoms with Crippen LogP contribution in [0.5, 0.6) is 5.75 Å². The smallest absolute Gasteiger partial charge is 0.255 e. The number of carbonyl (C=O) groups excluding carboxylic acids is 1. The van der Waals surface area contributed by atoms with Crippen LogP contribution in [-0.4, -0.2) is 39.1 Å². The molecule has 2 aliphatic heterocycles. The Kier molecular flexibility index (Phi) is 5.36. The molecule has 1 fully saturated rings. The van der Waals surface area contributed by atoms with Crippen molar-refractivity contribution in [3.05, 3.63) is 35.9 Å². The van der Waals surface area contributed by atoms with Crippen molar-refractivity contribution in [3.8, 4) is 5.75 Å². The van der Waals surface area contributed by atoms with Crippen LogP contribution >= 0.6 is 0 Å². The van der Waals surface area contributed by atoms with Gasteiger partial charge in [-0.2, -0.15) is 0 Å². The number of nitrogens with one attached hydrogen (secondary N) is 2. The normalized spacial score (nSPS) is 23.2. The Morgan fingerprint density at radius 1 is 1.54 bits per heavy atom. The molecule has 0 spiro atoms. The summed E-state index contributed by atoms with van der Waals surface area (Å²) in [5.74, 6) is 0.0838. The van der Waals surface area contributed by atoms with E-state index in [1.165, 1.54) is 12.1 Å². The number of primary sulfonamides is 1. The SMILES string of the molecule is C=CCC(NC(=O)c1cc(S(N)(=O)=O)cc2c1OC(C)C2)C1CCCN1. The third-order valence-electron chi connectivity index (χ3n) is 4.86. The zero-order chi connectivity index (χ0) is 18.9. The first kappa shape index (κ1) is 18.9. The molecule has 1 amide bonds. The third kappa shape index (κ3) is 3.92. The number of ether oxygens (including phenoxy) is 1. The molecule has 0 aliphatic carbocycles. The van der Waals surface area contributed by atoms with Crippen LogP contribution in [0.2, 0.25) is 0 Å². The third-order valence-corrected chi connectivity index (χ3v) is 5.75. The minimum absolute atomic E-state index is 0.0710. The van der Waals surface area contributed by atoms with Crippen molar-refractivity contribution >= 4 is 15.9 Å². The topological polar surface area (TPSA) is 111 Å². The lowest BCUT2D eigenvalue weighted by atomic mass is 10.0. The maximum absolute atomic E-state index is 12.9. The Bertz CT molecular complexity index is 816. The summed E-state index contributed by atoms with van der Waals surface area (Å²) in [5, 5.41) is 11.7. The van der Waals surface area contributed by atoms with Crippen LogP contribution in [0.1, 0.15) is 42.1 Å². The van der Waals surface area contributed by atoms with Crippen LogP contribution in [0.3, 0.4) is 0 Å². The highest BCUT2D eigenvalue weighted by Crippen LogP contribution is 2.35. The highest BCUT2D eigenvalue weighted by atomic mass is 32.2. The molecule has 0 radical (unpaired) electrons. The van der Waals surface area contributed by atoms with E-state index in [-0.39, 0.29) is 34.6 Å². The zero-order valence-corrected chi connectivity index (χ0v) is 15.6. The number of nitrogens with two attached hydrogens (primary N) is 1. The Hall–Kier alpha value is -1.90. The van der Waals surface area contributed by atoms with E-state index in [9.17, 15) is 13.2 Å². The summed E-state index contributed by atoms with van der Waals surface area (Å²) in [5.41, 5.74) is 0.899. The van der Waals surface area contributed by atoms with Crippen molar-refractivity contribution in [2.45, 2.75) is 55.7 Å². The molecule has 142 valence electrons. The fraction of sp³-hybridized carbons (Fsp3) is 0.500.